The number of nitrogens with one attached hydrogen (secondary N) is 2. The Hall–Kier alpha value is -0.690. The molecule has 2 N–H and O–H groups in total. The molecule has 0 saturated carbocycles. The lowest BCUT2D eigenvalue weighted by Gasteiger charge is -2.10. The summed E-state index contributed by atoms with van der Waals surface area (Å²) in [6.45, 7) is 5.14. The van der Waals surface area contributed by atoms with Gasteiger partial charge in [-0.25, -0.2) is 0 Å². The summed E-state index contributed by atoms with van der Waals surface area (Å²) in [7, 11) is 1.76. The molecular formula is C13H20IN3S. The zero-order valence-corrected chi connectivity index (χ0v) is 13.9. The molecule has 0 fully saturated rings. The molecule has 0 aliphatic carbocycles. The number of hydrogen-bond acceptors (Lipinski definition) is 2. The summed E-state index contributed by atoms with van der Waals surface area (Å²) < 4.78 is 0. The third-order valence-electron chi connectivity index (χ3n) is 2.26. The normalized spacial score (nSPS) is 10.4. The third kappa shape index (κ3) is 6.30. The summed E-state index contributed by atoms with van der Waals surface area (Å²) in [5.41, 5.74) is 1.24. The van der Waals surface area contributed by atoms with E-state index in [2.05, 4.69) is 52.7 Å². The number of nitrogens with zero attached hydrogens (tertiary/aromatic N) is 1. The average molecular weight is 377 g/mol. The van der Waals surface area contributed by atoms with Crippen LogP contribution in [0.2, 0.25) is 0 Å². The van der Waals surface area contributed by atoms with Crippen molar-refractivity contribution in [2.24, 2.45) is 4.99 Å². The van der Waals surface area contributed by atoms with Gasteiger partial charge >= 0.3 is 0 Å². The van der Waals surface area contributed by atoms with Gasteiger partial charge in [0.2, 0.25) is 0 Å². The molecule has 0 aliphatic rings. The molecule has 100 valence electrons. The molecule has 1 aromatic carbocycles. The molecule has 1 aromatic rings. The predicted molar refractivity (Wildman–Crippen MR) is 92.0 cm³/mol. The second-order valence-corrected chi connectivity index (χ2v) is 4.32. The van der Waals surface area contributed by atoms with E-state index in [1.165, 1.54) is 10.5 Å². The first kappa shape index (κ1) is 17.3. The van der Waals surface area contributed by atoms with Gasteiger partial charge in [0.1, 0.15) is 0 Å². The van der Waals surface area contributed by atoms with Crippen molar-refractivity contribution in [1.29, 1.82) is 0 Å². The second-order valence-electron chi connectivity index (χ2n) is 3.44. The van der Waals surface area contributed by atoms with Crippen LogP contribution in [0.15, 0.2) is 46.8 Å². The molecule has 0 radical (unpaired) electrons. The molecule has 0 bridgehead atoms. The molecular weight excluding hydrogens is 357 g/mol. The summed E-state index contributed by atoms with van der Waals surface area (Å²) in [6.07, 6.45) is 3.88. The van der Waals surface area contributed by atoms with Crippen molar-refractivity contribution in [3.63, 3.8) is 0 Å². The van der Waals surface area contributed by atoms with Crippen molar-refractivity contribution >= 4 is 41.7 Å². The number of thioether (sulfide) groups is 1. The number of benzene rings is 1. The largest absolute Gasteiger partial charge is 0.353 e. The molecule has 3 nitrogen and oxygen atoms in total. The van der Waals surface area contributed by atoms with Gasteiger partial charge in [0, 0.05) is 25.0 Å². The molecule has 18 heavy (non-hydrogen) atoms. The topological polar surface area (TPSA) is 36.4 Å². The Labute approximate surface area is 131 Å². The van der Waals surface area contributed by atoms with Gasteiger partial charge in [0.25, 0.3) is 0 Å². The number of halogens is 1. The SMILES string of the molecule is C=CCNC(=NC)NCc1ccc(SC)cc1.I. The fourth-order valence-electron chi connectivity index (χ4n) is 1.32. The van der Waals surface area contributed by atoms with E-state index in [1.54, 1.807) is 24.9 Å². The van der Waals surface area contributed by atoms with Crippen molar-refractivity contribution < 1.29 is 0 Å². The van der Waals surface area contributed by atoms with E-state index in [9.17, 15) is 0 Å². The Morgan fingerprint density at radius 3 is 2.50 bits per heavy atom. The highest BCUT2D eigenvalue weighted by Gasteiger charge is 1.97. The maximum absolute atomic E-state index is 4.12. The Bertz CT molecular complexity index is 376. The molecule has 0 aromatic heterocycles. The van der Waals surface area contributed by atoms with E-state index in [4.69, 9.17) is 0 Å². The molecule has 0 amide bonds. The monoisotopic (exact) mass is 377 g/mol. The lowest BCUT2D eigenvalue weighted by atomic mass is 10.2. The zero-order chi connectivity index (χ0) is 12.5. The minimum atomic E-state index is 0. The molecule has 5 heteroatoms. The van der Waals surface area contributed by atoms with Crippen molar-refractivity contribution in [2.45, 2.75) is 11.4 Å². The minimum absolute atomic E-state index is 0. The summed E-state index contributed by atoms with van der Waals surface area (Å²) in [6, 6.07) is 8.50. The van der Waals surface area contributed by atoms with Crippen LogP contribution in [0.1, 0.15) is 5.56 Å². The molecule has 0 aliphatic heterocycles. The van der Waals surface area contributed by atoms with Crippen LogP contribution >= 0.6 is 35.7 Å². The number of rotatable bonds is 5. The first-order valence-corrected chi connectivity index (χ1v) is 6.71. The molecule has 0 unspecified atom stereocenters. The maximum Gasteiger partial charge on any atom is 0.191 e. The van der Waals surface area contributed by atoms with Gasteiger partial charge in [-0.15, -0.1) is 42.3 Å². The summed E-state index contributed by atoms with van der Waals surface area (Å²) in [4.78, 5) is 5.40. The molecule has 0 spiro atoms. The number of aliphatic imine (C=N–C) groups is 1. The van der Waals surface area contributed by atoms with E-state index < -0.39 is 0 Å². The van der Waals surface area contributed by atoms with Crippen LogP contribution in [0.4, 0.5) is 0 Å². The smallest absolute Gasteiger partial charge is 0.191 e. The Morgan fingerprint density at radius 2 is 2.00 bits per heavy atom. The molecule has 0 atom stereocenters. The number of guanidine groups is 1. The van der Waals surface area contributed by atoms with Crippen LogP contribution in [0.3, 0.4) is 0 Å². The standard InChI is InChI=1S/C13H19N3S.HI/c1-4-9-15-13(14-2)16-10-11-5-7-12(17-3)8-6-11;/h4-8H,1,9-10H2,2-3H3,(H2,14,15,16);1H. The highest BCUT2D eigenvalue weighted by atomic mass is 127. The van der Waals surface area contributed by atoms with Gasteiger partial charge < -0.3 is 10.6 Å². The molecule has 0 heterocycles. The van der Waals surface area contributed by atoms with Crippen molar-refractivity contribution in [2.75, 3.05) is 19.8 Å². The van der Waals surface area contributed by atoms with E-state index in [1.807, 2.05) is 0 Å². The fraction of sp³-hybridized carbons (Fsp3) is 0.308. The van der Waals surface area contributed by atoms with E-state index in [0.717, 1.165) is 12.5 Å². The van der Waals surface area contributed by atoms with Gasteiger partial charge in [-0.2, -0.15) is 0 Å². The maximum atomic E-state index is 4.12. The highest BCUT2D eigenvalue weighted by Crippen LogP contribution is 2.14. The summed E-state index contributed by atoms with van der Waals surface area (Å²) in [5.74, 6) is 0.791. The van der Waals surface area contributed by atoms with Gasteiger partial charge in [-0.05, 0) is 24.0 Å². The van der Waals surface area contributed by atoms with Gasteiger partial charge in [-0.1, -0.05) is 18.2 Å². The minimum Gasteiger partial charge on any atom is -0.353 e. The lowest BCUT2D eigenvalue weighted by molar-refractivity contribution is 0.846. The number of hydrogen-bond donors (Lipinski definition) is 2. The van der Waals surface area contributed by atoms with Crippen LogP contribution in [0.5, 0.6) is 0 Å². The van der Waals surface area contributed by atoms with E-state index >= 15 is 0 Å². The van der Waals surface area contributed by atoms with Crippen molar-refractivity contribution in [3.05, 3.63) is 42.5 Å². The van der Waals surface area contributed by atoms with Gasteiger partial charge in [0.05, 0.1) is 0 Å². The molecule has 1 rings (SSSR count). The van der Waals surface area contributed by atoms with Crippen molar-refractivity contribution in [3.8, 4) is 0 Å². The van der Waals surface area contributed by atoms with Crippen LogP contribution < -0.4 is 10.6 Å². The fourth-order valence-corrected chi connectivity index (χ4v) is 1.73. The van der Waals surface area contributed by atoms with Crippen LogP contribution in [0.25, 0.3) is 0 Å². The van der Waals surface area contributed by atoms with Crippen LogP contribution in [-0.4, -0.2) is 25.8 Å². The quantitative estimate of drug-likeness (QED) is 0.272. The first-order valence-electron chi connectivity index (χ1n) is 5.48. The van der Waals surface area contributed by atoms with E-state index in [0.29, 0.717) is 6.54 Å². The first-order chi connectivity index (χ1) is 8.30. The van der Waals surface area contributed by atoms with E-state index in [-0.39, 0.29) is 24.0 Å². The van der Waals surface area contributed by atoms with Crippen LogP contribution in [0, 0.1) is 0 Å². The van der Waals surface area contributed by atoms with Gasteiger partial charge in [-0.3, -0.25) is 4.99 Å². The Balaban J connectivity index is 0.00000289. The van der Waals surface area contributed by atoms with Gasteiger partial charge in [0.15, 0.2) is 5.96 Å². The Morgan fingerprint density at radius 1 is 1.33 bits per heavy atom. The summed E-state index contributed by atoms with van der Waals surface area (Å²) in [5, 5.41) is 6.37. The third-order valence-corrected chi connectivity index (χ3v) is 3.00. The predicted octanol–water partition coefficient (Wildman–Crippen LogP) is 2.88. The summed E-state index contributed by atoms with van der Waals surface area (Å²) >= 11 is 1.75. The Kier molecular flexibility index (Phi) is 9.86. The zero-order valence-electron chi connectivity index (χ0n) is 10.8. The second kappa shape index (κ2) is 10.3. The van der Waals surface area contributed by atoms with Crippen molar-refractivity contribution in [1.82, 2.24) is 10.6 Å². The molecule has 0 saturated heterocycles. The highest BCUT2D eigenvalue weighted by molar-refractivity contribution is 14.0. The average Bonchev–Trinajstić information content (AvgIpc) is 2.39. The lowest BCUT2D eigenvalue weighted by Crippen LogP contribution is -2.36. The van der Waals surface area contributed by atoms with Crippen LogP contribution in [-0.2, 0) is 6.54 Å².